The van der Waals surface area contributed by atoms with Gasteiger partial charge in [-0.15, -0.1) is 0 Å². The van der Waals surface area contributed by atoms with Gasteiger partial charge in [-0.1, -0.05) is 41.7 Å². The number of ether oxygens (including phenoxy) is 1. The third-order valence-electron chi connectivity index (χ3n) is 3.56. The Kier molecular flexibility index (Phi) is 4.90. The van der Waals surface area contributed by atoms with Gasteiger partial charge in [-0.3, -0.25) is 9.59 Å². The second-order valence-electron chi connectivity index (χ2n) is 5.21. The average molecular weight is 353 g/mol. The van der Waals surface area contributed by atoms with Crippen LogP contribution in [0.25, 0.3) is 10.8 Å². The molecule has 2 aromatic carbocycles. The zero-order valence-electron chi connectivity index (χ0n) is 13.4. The molecule has 0 spiro atoms. The van der Waals surface area contributed by atoms with Crippen molar-refractivity contribution < 1.29 is 14.3 Å². The molecule has 0 aliphatic heterocycles. The van der Waals surface area contributed by atoms with Crippen LogP contribution in [0.3, 0.4) is 0 Å². The maximum absolute atomic E-state index is 12.6. The first kappa shape index (κ1) is 16.9. The van der Waals surface area contributed by atoms with Crippen LogP contribution in [-0.4, -0.2) is 18.5 Å². The zero-order chi connectivity index (χ0) is 17.8. The number of rotatable bonds is 4. The van der Waals surface area contributed by atoms with Crippen LogP contribution in [0.4, 0.5) is 5.69 Å². The minimum Gasteiger partial charge on any atom is -0.462 e. The molecule has 1 aromatic heterocycles. The second-order valence-corrected chi connectivity index (χ2v) is 6.22. The van der Waals surface area contributed by atoms with E-state index in [9.17, 15) is 14.4 Å². The zero-order valence-corrected chi connectivity index (χ0v) is 14.3. The van der Waals surface area contributed by atoms with Gasteiger partial charge in [0.25, 0.3) is 5.91 Å². The number of hydrogen-bond donors (Lipinski definition) is 1. The van der Waals surface area contributed by atoms with Gasteiger partial charge in [0.2, 0.25) is 4.74 Å². The van der Waals surface area contributed by atoms with Gasteiger partial charge in [-0.2, -0.15) is 0 Å². The summed E-state index contributed by atoms with van der Waals surface area (Å²) in [6.45, 7) is 1.96. The summed E-state index contributed by atoms with van der Waals surface area (Å²) >= 11 is 0.875. The lowest BCUT2D eigenvalue weighted by Crippen LogP contribution is -2.16. The first-order chi connectivity index (χ1) is 12.1. The van der Waals surface area contributed by atoms with Crippen LogP contribution in [0.2, 0.25) is 0 Å². The molecule has 126 valence electrons. The van der Waals surface area contributed by atoms with E-state index in [-0.39, 0.29) is 21.8 Å². The van der Waals surface area contributed by atoms with Crippen molar-refractivity contribution in [1.82, 2.24) is 0 Å². The molecular weight excluding hydrogens is 338 g/mol. The first-order valence-electron chi connectivity index (χ1n) is 7.70. The predicted molar refractivity (Wildman–Crippen MR) is 98.4 cm³/mol. The van der Waals surface area contributed by atoms with E-state index >= 15 is 0 Å². The maximum Gasteiger partial charge on any atom is 0.340 e. The Hall–Kier alpha value is -2.99. The van der Waals surface area contributed by atoms with Gasteiger partial charge >= 0.3 is 5.97 Å². The molecule has 1 amide bonds. The molecule has 0 fully saturated rings. The van der Waals surface area contributed by atoms with Crippen LogP contribution < -0.4 is 10.1 Å². The SMILES string of the molecule is CCOC(=O)c1ccccc1NC(=O)c1cc2ccccc2c(=O)s1. The molecule has 0 aliphatic carbocycles. The smallest absolute Gasteiger partial charge is 0.340 e. The van der Waals surface area contributed by atoms with Gasteiger partial charge in [-0.05, 0) is 36.6 Å². The number of esters is 1. The largest absolute Gasteiger partial charge is 0.462 e. The van der Waals surface area contributed by atoms with Crippen molar-refractivity contribution in [2.24, 2.45) is 0 Å². The fourth-order valence-corrected chi connectivity index (χ4v) is 3.23. The van der Waals surface area contributed by atoms with Crippen molar-refractivity contribution in [3.05, 3.63) is 74.6 Å². The minimum absolute atomic E-state index is 0.179. The van der Waals surface area contributed by atoms with Crippen LogP contribution in [-0.2, 0) is 4.74 Å². The predicted octanol–water partition coefficient (Wildman–Crippen LogP) is 3.69. The normalized spacial score (nSPS) is 10.4. The van der Waals surface area contributed by atoms with E-state index in [2.05, 4.69) is 5.32 Å². The maximum atomic E-state index is 12.6. The highest BCUT2D eigenvalue weighted by atomic mass is 32.1. The third kappa shape index (κ3) is 3.59. The topological polar surface area (TPSA) is 72.5 Å². The van der Waals surface area contributed by atoms with E-state index in [1.807, 2.05) is 6.07 Å². The summed E-state index contributed by atoms with van der Waals surface area (Å²) in [5.41, 5.74) is 0.615. The van der Waals surface area contributed by atoms with E-state index in [0.717, 1.165) is 11.3 Å². The summed E-state index contributed by atoms with van der Waals surface area (Å²) < 4.78 is 4.82. The Morgan fingerprint density at radius 3 is 2.60 bits per heavy atom. The lowest BCUT2D eigenvalue weighted by molar-refractivity contribution is 0.0527. The molecule has 0 aliphatic rings. The van der Waals surface area contributed by atoms with Crippen molar-refractivity contribution in [2.75, 3.05) is 11.9 Å². The third-order valence-corrected chi connectivity index (χ3v) is 4.49. The standard InChI is InChI=1S/C19H15NO4S/c1-2-24-18(22)14-9-5-6-10-15(14)20-17(21)16-11-12-7-3-4-8-13(12)19(23)25-16/h3-11H,2H2,1H3,(H,20,21). The van der Waals surface area contributed by atoms with Crippen molar-refractivity contribution in [1.29, 1.82) is 0 Å². The molecule has 0 unspecified atom stereocenters. The molecule has 0 atom stereocenters. The number of nitrogens with one attached hydrogen (secondary N) is 1. The molecule has 0 saturated heterocycles. The summed E-state index contributed by atoms with van der Waals surface area (Å²) in [5, 5.41) is 3.97. The van der Waals surface area contributed by atoms with Gasteiger partial charge in [0, 0.05) is 5.39 Å². The van der Waals surface area contributed by atoms with Crippen LogP contribution >= 0.6 is 11.3 Å². The molecule has 0 radical (unpaired) electrons. The molecule has 6 heteroatoms. The quantitative estimate of drug-likeness (QED) is 0.726. The fraction of sp³-hybridized carbons (Fsp3) is 0.105. The van der Waals surface area contributed by atoms with Crippen LogP contribution in [0.5, 0.6) is 0 Å². The van der Waals surface area contributed by atoms with Crippen LogP contribution in [0.1, 0.15) is 27.0 Å². The minimum atomic E-state index is -0.509. The second kappa shape index (κ2) is 7.27. The van der Waals surface area contributed by atoms with Gasteiger partial charge in [0.1, 0.15) is 0 Å². The lowest BCUT2D eigenvalue weighted by atomic mass is 10.1. The number of amides is 1. The Bertz CT molecular complexity index is 1010. The molecule has 0 saturated carbocycles. The van der Waals surface area contributed by atoms with Crippen LogP contribution in [0.15, 0.2) is 59.4 Å². The van der Waals surface area contributed by atoms with Crippen molar-refractivity contribution >= 4 is 39.7 Å². The van der Waals surface area contributed by atoms with E-state index in [1.54, 1.807) is 55.5 Å². The molecule has 1 heterocycles. The highest BCUT2D eigenvalue weighted by Crippen LogP contribution is 2.20. The Labute approximate surface area is 147 Å². The van der Waals surface area contributed by atoms with E-state index < -0.39 is 11.9 Å². The van der Waals surface area contributed by atoms with Gasteiger partial charge in [0.15, 0.2) is 0 Å². The number of anilines is 1. The monoisotopic (exact) mass is 353 g/mol. The highest BCUT2D eigenvalue weighted by molar-refractivity contribution is 7.12. The Balaban J connectivity index is 1.93. The number of benzene rings is 2. The molecule has 25 heavy (non-hydrogen) atoms. The van der Waals surface area contributed by atoms with E-state index in [4.69, 9.17) is 4.74 Å². The van der Waals surface area contributed by atoms with Crippen molar-refractivity contribution in [3.8, 4) is 0 Å². The summed E-state index contributed by atoms with van der Waals surface area (Å²) in [7, 11) is 0. The van der Waals surface area contributed by atoms with E-state index in [1.165, 1.54) is 0 Å². The van der Waals surface area contributed by atoms with Crippen LogP contribution in [0, 0.1) is 0 Å². The van der Waals surface area contributed by atoms with Crippen molar-refractivity contribution in [2.45, 2.75) is 6.92 Å². The Morgan fingerprint density at radius 1 is 1.08 bits per heavy atom. The van der Waals surface area contributed by atoms with Gasteiger partial charge in [-0.25, -0.2) is 4.79 Å². The number of carbonyl (C=O) groups excluding carboxylic acids is 2. The number of carbonyl (C=O) groups is 2. The summed E-state index contributed by atoms with van der Waals surface area (Å²) in [5.74, 6) is -0.949. The summed E-state index contributed by atoms with van der Waals surface area (Å²) in [6.07, 6.45) is 0. The molecule has 0 bridgehead atoms. The molecule has 3 aromatic rings. The van der Waals surface area contributed by atoms with Gasteiger partial charge in [0.05, 0.1) is 22.7 Å². The first-order valence-corrected chi connectivity index (χ1v) is 8.52. The fourth-order valence-electron chi connectivity index (χ4n) is 2.41. The van der Waals surface area contributed by atoms with Crippen molar-refractivity contribution in [3.63, 3.8) is 0 Å². The number of hydrogen-bond acceptors (Lipinski definition) is 5. The van der Waals surface area contributed by atoms with E-state index in [0.29, 0.717) is 16.5 Å². The number of para-hydroxylation sites is 1. The molecule has 1 N–H and O–H groups in total. The lowest BCUT2D eigenvalue weighted by Gasteiger charge is -2.10. The molecular formula is C19H15NO4S. The van der Waals surface area contributed by atoms with Gasteiger partial charge < -0.3 is 10.1 Å². The Morgan fingerprint density at radius 2 is 1.80 bits per heavy atom. The number of fused-ring (bicyclic) bond motifs is 1. The molecule has 3 rings (SSSR count). The summed E-state index contributed by atoms with van der Waals surface area (Å²) in [4.78, 5) is 37.0. The molecule has 5 nitrogen and oxygen atoms in total. The average Bonchev–Trinajstić information content (AvgIpc) is 2.62. The summed E-state index contributed by atoms with van der Waals surface area (Å²) in [6, 6.07) is 15.4. The highest BCUT2D eigenvalue weighted by Gasteiger charge is 2.16.